The molecule has 122 valence electrons. The average molecular weight is 321 g/mol. The molecule has 1 aromatic carbocycles. The Morgan fingerprint density at radius 2 is 2.12 bits per heavy atom. The van der Waals surface area contributed by atoms with Crippen molar-refractivity contribution in [1.29, 1.82) is 0 Å². The van der Waals surface area contributed by atoms with Crippen LogP contribution in [-0.4, -0.2) is 25.5 Å². The molecule has 0 aliphatic carbocycles. The van der Waals surface area contributed by atoms with E-state index in [9.17, 15) is 4.79 Å². The quantitative estimate of drug-likeness (QED) is 0.789. The van der Waals surface area contributed by atoms with Crippen LogP contribution in [0.1, 0.15) is 34.7 Å². The number of aromatic nitrogens is 4. The lowest BCUT2D eigenvalue weighted by Crippen LogP contribution is -2.25. The number of anilines is 1. The maximum atomic E-state index is 12.2. The number of benzene rings is 1. The Bertz CT molecular complexity index is 923. The fourth-order valence-corrected chi connectivity index (χ4v) is 3.59. The predicted molar refractivity (Wildman–Crippen MR) is 91.3 cm³/mol. The third-order valence-electron chi connectivity index (χ3n) is 4.66. The van der Waals surface area contributed by atoms with Crippen molar-refractivity contribution in [1.82, 2.24) is 19.6 Å². The molecule has 6 heteroatoms. The van der Waals surface area contributed by atoms with E-state index in [4.69, 9.17) is 0 Å². The van der Waals surface area contributed by atoms with Crippen molar-refractivity contribution in [2.75, 3.05) is 5.32 Å². The Morgan fingerprint density at radius 1 is 1.29 bits per heavy atom. The molecule has 3 heterocycles. The van der Waals surface area contributed by atoms with Gasteiger partial charge in [0.15, 0.2) is 0 Å². The van der Waals surface area contributed by atoms with Gasteiger partial charge in [0.25, 0.3) is 0 Å². The normalized spacial score (nSPS) is 16.8. The number of nitrogens with zero attached hydrogens (tertiary/aromatic N) is 4. The Morgan fingerprint density at radius 3 is 2.83 bits per heavy atom. The van der Waals surface area contributed by atoms with E-state index < -0.39 is 0 Å². The van der Waals surface area contributed by atoms with E-state index in [2.05, 4.69) is 34.6 Å². The summed E-state index contributed by atoms with van der Waals surface area (Å²) in [5, 5.41) is 11.7. The molecular formula is C18H19N5O. The van der Waals surface area contributed by atoms with Gasteiger partial charge in [0.1, 0.15) is 5.82 Å². The Hall–Kier alpha value is -2.89. The average Bonchev–Trinajstić information content (AvgIpc) is 3.16. The van der Waals surface area contributed by atoms with E-state index in [-0.39, 0.29) is 11.8 Å². The zero-order valence-electron chi connectivity index (χ0n) is 13.9. The van der Waals surface area contributed by atoms with Gasteiger partial charge in [-0.25, -0.2) is 4.68 Å². The number of hydrogen-bond acceptors (Lipinski definition) is 3. The minimum Gasteiger partial charge on any atom is -0.311 e. The Balaban J connectivity index is 1.81. The molecule has 0 radical (unpaired) electrons. The molecule has 1 aliphatic heterocycles. The molecule has 1 N–H and O–H groups in total. The zero-order chi connectivity index (χ0) is 16.8. The van der Waals surface area contributed by atoms with Gasteiger partial charge < -0.3 is 5.32 Å². The fraction of sp³-hybridized carbons (Fsp3) is 0.278. The van der Waals surface area contributed by atoms with Gasteiger partial charge in [-0.2, -0.15) is 10.2 Å². The summed E-state index contributed by atoms with van der Waals surface area (Å²) < 4.78 is 3.59. The van der Waals surface area contributed by atoms with E-state index in [1.54, 1.807) is 10.9 Å². The molecule has 1 unspecified atom stereocenters. The Labute approximate surface area is 140 Å². The van der Waals surface area contributed by atoms with E-state index in [0.29, 0.717) is 6.42 Å². The third-order valence-corrected chi connectivity index (χ3v) is 4.66. The number of carbonyl (C=O) groups excluding carboxylic acids is 1. The van der Waals surface area contributed by atoms with Gasteiger partial charge in [-0.3, -0.25) is 9.48 Å². The summed E-state index contributed by atoms with van der Waals surface area (Å²) in [4.78, 5) is 12.2. The van der Waals surface area contributed by atoms with Gasteiger partial charge in [0.05, 0.1) is 11.4 Å². The summed E-state index contributed by atoms with van der Waals surface area (Å²) in [6.45, 7) is 4.08. The minimum absolute atomic E-state index is 0.0334. The van der Waals surface area contributed by atoms with Crippen LogP contribution in [0.3, 0.4) is 0 Å². The molecule has 3 aromatic rings. The summed E-state index contributed by atoms with van der Waals surface area (Å²) in [6, 6.07) is 8.17. The second-order valence-corrected chi connectivity index (χ2v) is 6.27. The first-order valence-corrected chi connectivity index (χ1v) is 7.98. The van der Waals surface area contributed by atoms with Crippen molar-refractivity contribution < 1.29 is 4.79 Å². The molecule has 6 nitrogen and oxygen atoms in total. The van der Waals surface area contributed by atoms with E-state index in [1.165, 1.54) is 0 Å². The van der Waals surface area contributed by atoms with Crippen LogP contribution in [0.25, 0.3) is 5.69 Å². The van der Waals surface area contributed by atoms with Gasteiger partial charge in [0.2, 0.25) is 5.91 Å². The number of fused-ring (bicyclic) bond motifs is 1. The molecule has 0 bridgehead atoms. The first kappa shape index (κ1) is 14.7. The smallest absolute Gasteiger partial charge is 0.226 e. The van der Waals surface area contributed by atoms with Crippen molar-refractivity contribution in [3.63, 3.8) is 0 Å². The monoisotopic (exact) mass is 321 g/mol. The molecule has 4 rings (SSSR count). The number of hydrogen-bond donors (Lipinski definition) is 1. The summed E-state index contributed by atoms with van der Waals surface area (Å²) >= 11 is 0. The van der Waals surface area contributed by atoms with Crippen LogP contribution in [0.5, 0.6) is 0 Å². The van der Waals surface area contributed by atoms with Crippen LogP contribution in [0, 0.1) is 13.8 Å². The van der Waals surface area contributed by atoms with E-state index in [1.807, 2.05) is 37.0 Å². The SMILES string of the molecule is Cc1cc(-n2cccn2)ccc1C1CC(=O)Nc2c1c(C)nn2C. The molecule has 1 atom stereocenters. The maximum absolute atomic E-state index is 12.2. The highest BCUT2D eigenvalue weighted by atomic mass is 16.1. The van der Waals surface area contributed by atoms with Gasteiger partial charge in [-0.15, -0.1) is 0 Å². The lowest BCUT2D eigenvalue weighted by Gasteiger charge is -2.25. The highest BCUT2D eigenvalue weighted by molar-refractivity contribution is 5.94. The predicted octanol–water partition coefficient (Wildman–Crippen LogP) is 2.70. The molecule has 1 aliphatic rings. The summed E-state index contributed by atoms with van der Waals surface area (Å²) in [6.07, 6.45) is 4.13. The minimum atomic E-state index is 0.0334. The highest BCUT2D eigenvalue weighted by Crippen LogP contribution is 2.40. The molecule has 0 fully saturated rings. The molecule has 1 amide bonds. The number of carbonyl (C=O) groups is 1. The largest absolute Gasteiger partial charge is 0.311 e. The molecule has 0 saturated carbocycles. The van der Waals surface area contributed by atoms with Crippen molar-refractivity contribution in [2.45, 2.75) is 26.2 Å². The van der Waals surface area contributed by atoms with Crippen molar-refractivity contribution in [2.24, 2.45) is 7.05 Å². The van der Waals surface area contributed by atoms with Crippen molar-refractivity contribution in [3.8, 4) is 5.69 Å². The van der Waals surface area contributed by atoms with Crippen LogP contribution >= 0.6 is 0 Å². The standard InChI is InChI=1S/C18H19N5O/c1-11-9-13(23-8-4-7-19-23)5-6-14(11)15-10-16(24)20-18-17(15)12(2)21-22(18)3/h4-9,15H,10H2,1-3H3,(H,20,24). The molecule has 2 aromatic heterocycles. The first-order chi connectivity index (χ1) is 11.5. The number of nitrogens with one attached hydrogen (secondary N) is 1. The number of amides is 1. The van der Waals surface area contributed by atoms with E-state index in [0.717, 1.165) is 33.9 Å². The van der Waals surface area contributed by atoms with Gasteiger partial charge >= 0.3 is 0 Å². The third kappa shape index (κ3) is 2.22. The maximum Gasteiger partial charge on any atom is 0.226 e. The second-order valence-electron chi connectivity index (χ2n) is 6.27. The summed E-state index contributed by atoms with van der Waals surface area (Å²) in [5.41, 5.74) is 5.42. The molecule has 0 saturated heterocycles. The zero-order valence-corrected chi connectivity index (χ0v) is 13.9. The highest BCUT2D eigenvalue weighted by Gasteiger charge is 2.32. The number of aryl methyl sites for hydroxylation is 3. The van der Waals surface area contributed by atoms with Crippen LogP contribution in [0.4, 0.5) is 5.82 Å². The second kappa shape index (κ2) is 5.33. The van der Waals surface area contributed by atoms with Crippen molar-refractivity contribution >= 4 is 11.7 Å². The summed E-state index contributed by atoms with van der Waals surface area (Å²) in [5.74, 6) is 0.879. The van der Waals surface area contributed by atoms with Gasteiger partial charge in [-0.1, -0.05) is 6.07 Å². The van der Waals surface area contributed by atoms with Crippen LogP contribution in [0.2, 0.25) is 0 Å². The topological polar surface area (TPSA) is 64.7 Å². The van der Waals surface area contributed by atoms with Crippen molar-refractivity contribution in [3.05, 3.63) is 59.0 Å². The number of rotatable bonds is 2. The van der Waals surface area contributed by atoms with E-state index >= 15 is 0 Å². The Kier molecular flexibility index (Phi) is 3.26. The van der Waals surface area contributed by atoms with Gasteiger partial charge in [0, 0.05) is 37.3 Å². The summed E-state index contributed by atoms with van der Waals surface area (Å²) in [7, 11) is 1.86. The lowest BCUT2D eigenvalue weighted by molar-refractivity contribution is -0.116. The van der Waals surface area contributed by atoms with Crippen LogP contribution < -0.4 is 5.32 Å². The molecule has 24 heavy (non-hydrogen) atoms. The molecule has 0 spiro atoms. The first-order valence-electron chi connectivity index (χ1n) is 7.98. The van der Waals surface area contributed by atoms with Gasteiger partial charge in [-0.05, 0) is 43.2 Å². The molecular weight excluding hydrogens is 302 g/mol. The fourth-order valence-electron chi connectivity index (χ4n) is 3.59. The lowest BCUT2D eigenvalue weighted by atomic mass is 9.83. The van der Waals surface area contributed by atoms with Crippen LogP contribution in [-0.2, 0) is 11.8 Å². The van der Waals surface area contributed by atoms with Crippen LogP contribution in [0.15, 0.2) is 36.7 Å².